The molecule has 164 valence electrons. The number of halogens is 3. The number of nitrogens with zero attached hydrogens (tertiary/aromatic N) is 1. The summed E-state index contributed by atoms with van der Waals surface area (Å²) in [6.45, 7) is 3.84. The van der Waals surface area contributed by atoms with Crippen LogP contribution in [0.3, 0.4) is 0 Å². The molecule has 1 aliphatic heterocycles. The van der Waals surface area contributed by atoms with E-state index in [1.165, 1.54) is 17.0 Å². The van der Waals surface area contributed by atoms with Gasteiger partial charge in [-0.2, -0.15) is 13.2 Å². The second kappa shape index (κ2) is 9.13. The van der Waals surface area contributed by atoms with Crippen molar-refractivity contribution in [3.63, 3.8) is 0 Å². The van der Waals surface area contributed by atoms with Gasteiger partial charge in [-0.15, -0.1) is 0 Å². The quantitative estimate of drug-likeness (QED) is 0.727. The van der Waals surface area contributed by atoms with Crippen LogP contribution in [0.25, 0.3) is 11.1 Å². The van der Waals surface area contributed by atoms with Gasteiger partial charge in [0.1, 0.15) is 0 Å². The summed E-state index contributed by atoms with van der Waals surface area (Å²) in [6, 6.07) is 10.9. The van der Waals surface area contributed by atoms with Gasteiger partial charge in [-0.1, -0.05) is 50.1 Å². The first-order valence-electron chi connectivity index (χ1n) is 10.1. The fourth-order valence-electron chi connectivity index (χ4n) is 3.62. The van der Waals surface area contributed by atoms with E-state index in [1.807, 2.05) is 26.0 Å². The highest BCUT2D eigenvalue weighted by atomic mass is 19.4. The Bertz CT molecular complexity index is 1010. The van der Waals surface area contributed by atoms with E-state index in [9.17, 15) is 28.2 Å². The zero-order valence-electron chi connectivity index (χ0n) is 17.3. The minimum atomic E-state index is -4.59. The molecule has 1 fully saturated rings. The number of hydrogen-bond donors (Lipinski definition) is 2. The average Bonchev–Trinajstić information content (AvgIpc) is 3.09. The third kappa shape index (κ3) is 5.09. The maximum Gasteiger partial charge on any atom is 0.417 e. The van der Waals surface area contributed by atoms with E-state index in [-0.39, 0.29) is 30.1 Å². The number of benzene rings is 2. The molecule has 3 rings (SSSR count). The minimum absolute atomic E-state index is 0.0609. The van der Waals surface area contributed by atoms with Crippen LogP contribution in [0.15, 0.2) is 42.5 Å². The molecular formula is C24H24F3NO3. The molecule has 2 N–H and O–H groups in total. The monoisotopic (exact) mass is 431 g/mol. The van der Waals surface area contributed by atoms with Crippen LogP contribution in [0.1, 0.15) is 42.9 Å². The predicted molar refractivity (Wildman–Crippen MR) is 111 cm³/mol. The van der Waals surface area contributed by atoms with Gasteiger partial charge in [-0.05, 0) is 41.2 Å². The number of aliphatic hydroxyl groups is 2. The molecule has 1 unspecified atom stereocenters. The van der Waals surface area contributed by atoms with E-state index in [4.69, 9.17) is 0 Å². The van der Waals surface area contributed by atoms with Crippen LogP contribution in [-0.4, -0.2) is 46.3 Å². The number of β-amino-alcohol motifs (C(OH)–C–C–N with tert-alkyl or cyclic N) is 2. The number of carbonyl (C=O) groups is 1. The lowest BCUT2D eigenvalue weighted by molar-refractivity contribution is -0.137. The summed E-state index contributed by atoms with van der Waals surface area (Å²) in [7, 11) is 0. The van der Waals surface area contributed by atoms with Crippen molar-refractivity contribution in [1.29, 1.82) is 0 Å². The summed E-state index contributed by atoms with van der Waals surface area (Å²) >= 11 is 0. The summed E-state index contributed by atoms with van der Waals surface area (Å²) in [5.41, 5.74) is 0.696. The van der Waals surface area contributed by atoms with Gasteiger partial charge in [-0.3, -0.25) is 4.79 Å². The van der Waals surface area contributed by atoms with Crippen molar-refractivity contribution in [2.24, 2.45) is 0 Å². The van der Waals surface area contributed by atoms with Crippen molar-refractivity contribution in [1.82, 2.24) is 4.90 Å². The third-order valence-corrected chi connectivity index (χ3v) is 5.58. The van der Waals surface area contributed by atoms with Gasteiger partial charge >= 0.3 is 6.18 Å². The first-order chi connectivity index (χ1) is 14.6. The topological polar surface area (TPSA) is 60.8 Å². The zero-order valence-corrected chi connectivity index (χ0v) is 17.3. The molecule has 31 heavy (non-hydrogen) atoms. The van der Waals surface area contributed by atoms with Crippen LogP contribution in [0, 0.1) is 11.8 Å². The Kier molecular flexibility index (Phi) is 6.73. The van der Waals surface area contributed by atoms with Crippen LogP contribution < -0.4 is 0 Å². The van der Waals surface area contributed by atoms with E-state index >= 15 is 0 Å². The van der Waals surface area contributed by atoms with E-state index < -0.39 is 29.9 Å². The maximum atomic E-state index is 13.9. The van der Waals surface area contributed by atoms with Gasteiger partial charge in [0.2, 0.25) is 0 Å². The minimum Gasteiger partial charge on any atom is -0.388 e. The van der Waals surface area contributed by atoms with Crippen molar-refractivity contribution < 1.29 is 28.2 Å². The summed E-state index contributed by atoms with van der Waals surface area (Å²) in [5.74, 6) is 4.23. The fourth-order valence-corrected chi connectivity index (χ4v) is 3.62. The predicted octanol–water partition coefficient (Wildman–Crippen LogP) is 3.80. The number of amides is 1. The van der Waals surface area contributed by atoms with Gasteiger partial charge in [0.25, 0.3) is 5.91 Å². The van der Waals surface area contributed by atoms with Crippen molar-refractivity contribution >= 4 is 5.91 Å². The number of alkyl halides is 3. The Hall–Kier alpha value is -2.82. The highest BCUT2D eigenvalue weighted by Gasteiger charge is 2.35. The van der Waals surface area contributed by atoms with E-state index in [0.717, 1.165) is 18.1 Å². The Morgan fingerprint density at radius 3 is 2.39 bits per heavy atom. The lowest BCUT2D eigenvalue weighted by Gasteiger charge is -2.19. The molecule has 2 aromatic rings. The van der Waals surface area contributed by atoms with E-state index in [2.05, 4.69) is 11.8 Å². The fraction of sp³-hybridized carbons (Fsp3) is 0.375. The lowest BCUT2D eigenvalue weighted by Crippen LogP contribution is -2.28. The molecule has 3 atom stereocenters. The molecule has 0 bridgehead atoms. The van der Waals surface area contributed by atoms with Crippen LogP contribution in [0.5, 0.6) is 0 Å². The van der Waals surface area contributed by atoms with Gasteiger partial charge in [0, 0.05) is 11.5 Å². The number of aliphatic hydroxyl groups excluding tert-OH is 2. The Morgan fingerprint density at radius 2 is 1.77 bits per heavy atom. The van der Waals surface area contributed by atoms with Crippen LogP contribution in [-0.2, 0) is 11.0 Å². The SMILES string of the molecule is CCC(C)c1ccccc1-c1ccc(C#CC(=O)N2C[C@@H](O)[C@@H](O)C2)cc1C(F)(F)F. The molecule has 7 heteroatoms. The maximum absolute atomic E-state index is 13.9. The van der Waals surface area contributed by atoms with Crippen molar-refractivity contribution in [3.8, 4) is 23.0 Å². The van der Waals surface area contributed by atoms with Crippen LogP contribution in [0.2, 0.25) is 0 Å². The lowest BCUT2D eigenvalue weighted by atomic mass is 9.87. The van der Waals surface area contributed by atoms with Crippen molar-refractivity contribution in [2.45, 2.75) is 44.6 Å². The molecule has 2 aromatic carbocycles. The number of likely N-dealkylation sites (tertiary alicyclic amines) is 1. The molecule has 0 radical (unpaired) electrons. The van der Waals surface area contributed by atoms with E-state index in [1.54, 1.807) is 12.1 Å². The van der Waals surface area contributed by atoms with Gasteiger partial charge < -0.3 is 15.1 Å². The summed E-state index contributed by atoms with van der Waals surface area (Å²) in [4.78, 5) is 13.3. The zero-order chi connectivity index (χ0) is 22.8. The second-order valence-electron chi connectivity index (χ2n) is 7.75. The molecule has 1 saturated heterocycles. The molecule has 0 aromatic heterocycles. The van der Waals surface area contributed by atoms with Gasteiger partial charge in [0.15, 0.2) is 0 Å². The first kappa shape index (κ1) is 22.9. The first-order valence-corrected chi connectivity index (χ1v) is 10.1. The molecule has 1 amide bonds. The molecule has 1 aliphatic rings. The molecule has 1 heterocycles. The van der Waals surface area contributed by atoms with Crippen LogP contribution in [0.4, 0.5) is 13.2 Å². The summed E-state index contributed by atoms with van der Waals surface area (Å²) in [6.07, 6.45) is -5.90. The second-order valence-corrected chi connectivity index (χ2v) is 7.75. The number of hydrogen-bond acceptors (Lipinski definition) is 3. The molecule has 4 nitrogen and oxygen atoms in total. The highest BCUT2D eigenvalue weighted by Crippen LogP contribution is 2.40. The van der Waals surface area contributed by atoms with Gasteiger partial charge in [-0.25, -0.2) is 0 Å². The van der Waals surface area contributed by atoms with Crippen LogP contribution >= 0.6 is 0 Å². The normalized spacial score (nSPS) is 19.6. The Balaban J connectivity index is 1.98. The molecular weight excluding hydrogens is 407 g/mol. The summed E-state index contributed by atoms with van der Waals surface area (Å²) in [5, 5.41) is 19.1. The number of rotatable bonds is 3. The Morgan fingerprint density at radius 1 is 1.13 bits per heavy atom. The number of carbonyl (C=O) groups excluding carboxylic acids is 1. The third-order valence-electron chi connectivity index (χ3n) is 5.58. The highest BCUT2D eigenvalue weighted by molar-refractivity contribution is 5.94. The van der Waals surface area contributed by atoms with E-state index in [0.29, 0.717) is 5.56 Å². The van der Waals surface area contributed by atoms with Crippen molar-refractivity contribution in [2.75, 3.05) is 13.1 Å². The van der Waals surface area contributed by atoms with Gasteiger partial charge in [0.05, 0.1) is 30.9 Å². The standard InChI is InChI=1S/C24H24F3NO3/c1-3-15(2)17-6-4-5-7-18(17)19-10-8-16(12-20(19)24(25,26)27)9-11-23(31)28-13-21(29)22(30)14-28/h4-8,10,12,15,21-22,29-30H,3,13-14H2,1-2H3/t15?,21-,22+. The molecule has 0 aliphatic carbocycles. The largest absolute Gasteiger partial charge is 0.417 e. The average molecular weight is 431 g/mol. The molecule has 0 spiro atoms. The summed E-state index contributed by atoms with van der Waals surface area (Å²) < 4.78 is 41.6. The Labute approximate surface area is 179 Å². The van der Waals surface area contributed by atoms with Crippen molar-refractivity contribution in [3.05, 3.63) is 59.2 Å². The molecule has 0 saturated carbocycles. The smallest absolute Gasteiger partial charge is 0.388 e.